The van der Waals surface area contributed by atoms with Gasteiger partial charge in [0.2, 0.25) is 5.91 Å². The van der Waals surface area contributed by atoms with E-state index in [0.29, 0.717) is 38.3 Å². The lowest BCUT2D eigenvalue weighted by atomic mass is 10.1. The van der Waals surface area contributed by atoms with Crippen LogP contribution >= 0.6 is 0 Å². The molecule has 2 aliphatic rings. The van der Waals surface area contributed by atoms with Gasteiger partial charge in [-0.1, -0.05) is 0 Å². The number of fused-ring (bicyclic) bond motifs is 1. The molecule has 144 valence electrons. The molecular formula is C18H29N5O3. The van der Waals surface area contributed by atoms with Gasteiger partial charge in [-0.05, 0) is 20.8 Å². The van der Waals surface area contributed by atoms with Crippen molar-refractivity contribution in [2.75, 3.05) is 19.6 Å². The molecule has 0 aromatic carbocycles. The first-order valence-corrected chi connectivity index (χ1v) is 9.18. The van der Waals surface area contributed by atoms with Crippen molar-refractivity contribution in [3.63, 3.8) is 0 Å². The zero-order valence-electron chi connectivity index (χ0n) is 16.1. The van der Waals surface area contributed by atoms with Gasteiger partial charge in [-0.3, -0.25) is 9.48 Å². The highest BCUT2D eigenvalue weighted by atomic mass is 16.3. The summed E-state index contributed by atoms with van der Waals surface area (Å²) in [6.45, 7) is 8.25. The Hall–Kier alpha value is -2.09. The number of hydrogen-bond acceptors (Lipinski definition) is 4. The first-order chi connectivity index (χ1) is 12.2. The van der Waals surface area contributed by atoms with Crippen LogP contribution in [0.3, 0.4) is 0 Å². The van der Waals surface area contributed by atoms with Crippen molar-refractivity contribution in [3.8, 4) is 0 Å². The SMILES string of the molecule is Cn1nc(CO)c2c1CCN(C(=O)NC[C@H]1CC(=O)N(C(C)(C)C)C1)C2. The van der Waals surface area contributed by atoms with Gasteiger partial charge in [0.15, 0.2) is 0 Å². The van der Waals surface area contributed by atoms with Crippen molar-refractivity contribution in [2.24, 2.45) is 13.0 Å². The second kappa shape index (κ2) is 6.90. The zero-order valence-corrected chi connectivity index (χ0v) is 16.1. The number of urea groups is 1. The molecule has 3 amide bonds. The molecule has 2 aliphatic heterocycles. The number of nitrogens with one attached hydrogen (secondary N) is 1. The fraction of sp³-hybridized carbons (Fsp3) is 0.722. The summed E-state index contributed by atoms with van der Waals surface area (Å²) >= 11 is 0. The summed E-state index contributed by atoms with van der Waals surface area (Å²) in [5, 5.41) is 16.8. The lowest BCUT2D eigenvalue weighted by Gasteiger charge is -2.32. The van der Waals surface area contributed by atoms with Gasteiger partial charge in [0.05, 0.1) is 18.8 Å². The van der Waals surface area contributed by atoms with Crippen LogP contribution in [0.4, 0.5) is 4.79 Å². The summed E-state index contributed by atoms with van der Waals surface area (Å²) in [5.41, 5.74) is 2.49. The standard InChI is InChI=1S/C18H29N5O3/c1-18(2,3)23-9-12(7-16(23)25)8-19-17(26)22-6-5-15-13(10-22)14(11-24)20-21(15)4/h12,24H,5-11H2,1-4H3,(H,19,26)/t12-/m1/s1. The van der Waals surface area contributed by atoms with Crippen molar-refractivity contribution in [1.29, 1.82) is 0 Å². The Balaban J connectivity index is 1.56. The highest BCUT2D eigenvalue weighted by Crippen LogP contribution is 2.26. The number of likely N-dealkylation sites (tertiary alicyclic amines) is 1. The number of amides is 3. The summed E-state index contributed by atoms with van der Waals surface area (Å²) in [5.74, 6) is 0.305. The predicted molar refractivity (Wildman–Crippen MR) is 96.2 cm³/mol. The van der Waals surface area contributed by atoms with Crippen LogP contribution in [-0.4, -0.2) is 61.8 Å². The third-order valence-corrected chi connectivity index (χ3v) is 5.32. The topological polar surface area (TPSA) is 90.7 Å². The first-order valence-electron chi connectivity index (χ1n) is 9.18. The van der Waals surface area contributed by atoms with Gasteiger partial charge in [0.1, 0.15) is 0 Å². The average Bonchev–Trinajstić information content (AvgIpc) is 3.12. The van der Waals surface area contributed by atoms with Crippen LogP contribution in [-0.2, 0) is 31.4 Å². The molecule has 26 heavy (non-hydrogen) atoms. The molecule has 1 aromatic rings. The van der Waals surface area contributed by atoms with Crippen molar-refractivity contribution in [2.45, 2.75) is 52.3 Å². The number of nitrogens with zero attached hydrogens (tertiary/aromatic N) is 4. The van der Waals surface area contributed by atoms with Crippen LogP contribution in [0.1, 0.15) is 44.1 Å². The summed E-state index contributed by atoms with van der Waals surface area (Å²) in [6.07, 6.45) is 1.21. The lowest BCUT2D eigenvalue weighted by Crippen LogP contribution is -2.45. The predicted octanol–water partition coefficient (Wildman–Crippen LogP) is 0.627. The van der Waals surface area contributed by atoms with Gasteiger partial charge < -0.3 is 20.2 Å². The van der Waals surface area contributed by atoms with Crippen LogP contribution in [0.15, 0.2) is 0 Å². The number of rotatable bonds is 3. The second-order valence-corrected chi connectivity index (χ2v) is 8.26. The molecular weight excluding hydrogens is 334 g/mol. The largest absolute Gasteiger partial charge is 0.390 e. The summed E-state index contributed by atoms with van der Waals surface area (Å²) in [4.78, 5) is 28.4. The summed E-state index contributed by atoms with van der Waals surface area (Å²) in [7, 11) is 1.87. The molecule has 0 bridgehead atoms. The van der Waals surface area contributed by atoms with Crippen LogP contribution in [0.25, 0.3) is 0 Å². The molecule has 0 unspecified atom stereocenters. The molecule has 1 fully saturated rings. The quantitative estimate of drug-likeness (QED) is 0.824. The molecule has 1 atom stereocenters. The molecule has 0 saturated carbocycles. The second-order valence-electron chi connectivity index (χ2n) is 8.26. The van der Waals surface area contributed by atoms with E-state index in [4.69, 9.17) is 0 Å². The fourth-order valence-electron chi connectivity index (χ4n) is 3.88. The van der Waals surface area contributed by atoms with E-state index in [1.54, 1.807) is 9.58 Å². The number of aliphatic hydroxyl groups is 1. The van der Waals surface area contributed by atoms with E-state index in [2.05, 4.69) is 10.4 Å². The third-order valence-electron chi connectivity index (χ3n) is 5.32. The molecule has 0 spiro atoms. The smallest absolute Gasteiger partial charge is 0.317 e. The highest BCUT2D eigenvalue weighted by Gasteiger charge is 2.36. The molecule has 8 heteroatoms. The lowest BCUT2D eigenvalue weighted by molar-refractivity contribution is -0.131. The average molecular weight is 363 g/mol. The van der Waals surface area contributed by atoms with Crippen molar-refractivity contribution in [1.82, 2.24) is 24.9 Å². The van der Waals surface area contributed by atoms with E-state index in [1.807, 2.05) is 32.7 Å². The van der Waals surface area contributed by atoms with Crippen LogP contribution in [0.2, 0.25) is 0 Å². The Labute approximate surface area is 154 Å². The maximum Gasteiger partial charge on any atom is 0.317 e. The molecule has 0 aliphatic carbocycles. The minimum Gasteiger partial charge on any atom is -0.390 e. The number of carbonyl (C=O) groups excluding carboxylic acids is 2. The molecule has 1 saturated heterocycles. The number of carbonyl (C=O) groups is 2. The monoisotopic (exact) mass is 363 g/mol. The third kappa shape index (κ3) is 3.56. The Kier molecular flexibility index (Phi) is 4.96. The zero-order chi connectivity index (χ0) is 19.1. The van der Waals surface area contributed by atoms with Crippen molar-refractivity contribution < 1.29 is 14.7 Å². The summed E-state index contributed by atoms with van der Waals surface area (Å²) < 4.78 is 1.79. The minimum atomic E-state index is -0.180. The molecule has 3 heterocycles. The molecule has 1 aromatic heterocycles. The van der Waals surface area contributed by atoms with Gasteiger partial charge in [0, 0.05) is 62.2 Å². The van der Waals surface area contributed by atoms with E-state index in [0.717, 1.165) is 17.7 Å². The maximum absolute atomic E-state index is 12.6. The van der Waals surface area contributed by atoms with E-state index >= 15 is 0 Å². The number of aromatic nitrogens is 2. The Morgan fingerprint density at radius 1 is 1.38 bits per heavy atom. The van der Waals surface area contributed by atoms with Crippen LogP contribution in [0, 0.1) is 5.92 Å². The van der Waals surface area contributed by atoms with Gasteiger partial charge >= 0.3 is 6.03 Å². The molecule has 0 radical (unpaired) electrons. The first kappa shape index (κ1) is 18.7. The van der Waals surface area contributed by atoms with Crippen LogP contribution < -0.4 is 5.32 Å². The van der Waals surface area contributed by atoms with E-state index in [1.165, 1.54) is 0 Å². The fourth-order valence-corrected chi connectivity index (χ4v) is 3.88. The van der Waals surface area contributed by atoms with Gasteiger partial charge in [-0.2, -0.15) is 5.10 Å². The van der Waals surface area contributed by atoms with Crippen molar-refractivity contribution >= 4 is 11.9 Å². The number of hydrogen-bond donors (Lipinski definition) is 2. The molecule has 2 N–H and O–H groups in total. The van der Waals surface area contributed by atoms with Gasteiger partial charge in [-0.15, -0.1) is 0 Å². The van der Waals surface area contributed by atoms with Gasteiger partial charge in [0.25, 0.3) is 0 Å². The number of aliphatic hydroxyl groups excluding tert-OH is 1. The minimum absolute atomic E-state index is 0.120. The molecule has 3 rings (SSSR count). The molecule has 8 nitrogen and oxygen atoms in total. The van der Waals surface area contributed by atoms with E-state index < -0.39 is 0 Å². The normalized spacial score (nSPS) is 20.5. The Morgan fingerprint density at radius 2 is 2.12 bits per heavy atom. The summed E-state index contributed by atoms with van der Waals surface area (Å²) in [6, 6.07) is -0.120. The highest BCUT2D eigenvalue weighted by molar-refractivity contribution is 5.80. The Bertz CT molecular complexity index is 706. The van der Waals surface area contributed by atoms with Crippen molar-refractivity contribution in [3.05, 3.63) is 17.0 Å². The van der Waals surface area contributed by atoms with Gasteiger partial charge in [-0.25, -0.2) is 4.79 Å². The number of aryl methyl sites for hydroxylation is 1. The maximum atomic E-state index is 12.6. The van der Waals surface area contributed by atoms with Crippen LogP contribution in [0.5, 0.6) is 0 Å². The Morgan fingerprint density at radius 3 is 2.73 bits per heavy atom. The van der Waals surface area contributed by atoms with E-state index in [-0.39, 0.29) is 30.0 Å². The van der Waals surface area contributed by atoms with E-state index in [9.17, 15) is 14.7 Å².